The van der Waals surface area contributed by atoms with Crippen LogP contribution in [0, 0.1) is 39.8 Å². The summed E-state index contributed by atoms with van der Waals surface area (Å²) in [5, 5.41) is 49.5. The quantitative estimate of drug-likeness (QED) is 0.101. The molecule has 0 N–H and O–H groups in total. The van der Waals surface area contributed by atoms with E-state index in [-0.39, 0.29) is 77.0 Å². The number of aromatic carboxylic acids is 2. The molecule has 3 aromatic carbocycles. The van der Waals surface area contributed by atoms with Gasteiger partial charge in [-0.25, -0.2) is 35.5 Å². The average Bonchev–Trinajstić information content (AvgIpc) is 3.09. The molecule has 0 fully saturated rings. The number of nitrogens with zero attached hydrogens (tertiary/aromatic N) is 8. The van der Waals surface area contributed by atoms with Gasteiger partial charge in [0, 0.05) is 49.8 Å². The maximum Gasteiger partial charge on any atom is 2.00 e. The van der Waals surface area contributed by atoms with E-state index < -0.39 is 57.8 Å². The first-order valence-corrected chi connectivity index (χ1v) is 27.0. The van der Waals surface area contributed by atoms with Gasteiger partial charge in [0.1, 0.15) is 0 Å². The van der Waals surface area contributed by atoms with Crippen LogP contribution in [-0.4, -0.2) is 85.8 Å². The van der Waals surface area contributed by atoms with Crippen LogP contribution in [0.3, 0.4) is 0 Å². The van der Waals surface area contributed by atoms with Crippen LogP contribution in [0.2, 0.25) is 0 Å². The van der Waals surface area contributed by atoms with Crippen molar-refractivity contribution >= 4 is 32.0 Å². The zero-order chi connectivity index (χ0) is 60.8. The maximum absolute atomic E-state index is 14.2. The molecule has 0 saturated heterocycles. The molecule has 0 aliphatic carbocycles. The number of nitriles is 2. The Kier molecular flexibility index (Phi) is 34.5. The topological polar surface area (TPSA) is 406 Å². The van der Waals surface area contributed by atoms with Crippen LogP contribution in [-0.2, 0) is 80.4 Å². The summed E-state index contributed by atoms with van der Waals surface area (Å²) >= 11 is 0. The van der Waals surface area contributed by atoms with Crippen molar-refractivity contribution < 1.29 is 124 Å². The van der Waals surface area contributed by atoms with Crippen molar-refractivity contribution in [3.8, 4) is 40.9 Å². The Balaban J connectivity index is 0.00000140. The minimum absolute atomic E-state index is 0. The number of carboxylic acid groups (broad SMARTS) is 2. The van der Waals surface area contributed by atoms with Gasteiger partial charge in [0.2, 0.25) is 20.0 Å². The standard InChI is InChI=1S/C31H30N6O5S2.2C9H10O4.2C2H3N.ClHO4.2Mn/c1-24-18-29(43(39,40)36(20-25-10-2-6-14-32-25)21-26-11-3-7-15-33-26)31(38)30(19-24)44(41,42)37(22-27-12-4-8-16-34-27)23-28-13-5-9-17-35-28;2*1-12-7-4-3-6(9(10)11)5-8(7)13-2;2*1-2-3;2-1(3,4)5;;/h2-19,38H,20-23H2,1H3;2*3-5H,1-2H3,(H,10,11);2*1H3;(H,2,3,4,5);;/q;;;;;;2*+2/p-4. The fourth-order valence-corrected chi connectivity index (χ4v) is 9.62. The number of hydrogen-bond donors (Lipinski definition) is 0. The van der Waals surface area contributed by atoms with Gasteiger partial charge in [-0.1, -0.05) is 30.0 Å². The Hall–Kier alpha value is -7.83. The van der Waals surface area contributed by atoms with Gasteiger partial charge in [-0.3, -0.25) is 19.9 Å². The number of carbonyl (C=O) groups excluding carboxylic acids is 2. The molecule has 440 valence electrons. The van der Waals surface area contributed by atoms with E-state index in [4.69, 9.17) is 48.1 Å². The predicted octanol–water partition coefficient (Wildman–Crippen LogP) is -0.136. The summed E-state index contributed by atoms with van der Waals surface area (Å²) in [7, 11) is -8.18. The van der Waals surface area contributed by atoms with E-state index in [2.05, 4.69) is 19.9 Å². The molecule has 0 saturated carbocycles. The number of aryl methyl sites for hydroxylation is 1. The second kappa shape index (κ2) is 38.0. The number of sulfonamides is 2. The minimum atomic E-state index is -4.94. The summed E-state index contributed by atoms with van der Waals surface area (Å²) in [6.45, 7) is 3.74. The molecule has 0 spiro atoms. The molecule has 0 aliphatic heterocycles. The molecule has 4 heterocycles. The third kappa shape index (κ3) is 25.9. The van der Waals surface area contributed by atoms with Crippen LogP contribution >= 0.6 is 0 Å². The van der Waals surface area contributed by atoms with Gasteiger partial charge >= 0.3 is 34.1 Å². The van der Waals surface area contributed by atoms with Gasteiger partial charge in [0.05, 0.1) is 111 Å². The Bertz CT molecular complexity index is 3100. The second-order valence-electron chi connectivity index (χ2n) is 15.5. The Morgan fingerprint density at radius 3 is 0.964 bits per heavy atom. The van der Waals surface area contributed by atoms with E-state index in [0.29, 0.717) is 45.8 Å². The molecule has 30 heteroatoms. The summed E-state index contributed by atoms with van der Waals surface area (Å²) in [6.07, 6.45) is 6.15. The first-order valence-electron chi connectivity index (χ1n) is 22.9. The molecule has 2 radical (unpaired) electrons. The molecule has 0 bridgehead atoms. The largest absolute Gasteiger partial charge is 2.00 e. The van der Waals surface area contributed by atoms with Gasteiger partial charge in [0.15, 0.2) is 23.0 Å². The van der Waals surface area contributed by atoms with Crippen LogP contribution in [0.15, 0.2) is 156 Å². The number of ether oxygens (including phenoxy) is 4. The summed E-state index contributed by atoms with van der Waals surface area (Å²) in [6, 6.07) is 34.8. The number of benzene rings is 3. The molecule has 7 rings (SSSR count). The smallest absolute Gasteiger partial charge is 0.871 e. The molecule has 25 nitrogen and oxygen atoms in total. The molecular formula is C53H53ClMn2N8O17S2. The molecule has 83 heavy (non-hydrogen) atoms. The van der Waals surface area contributed by atoms with Crippen LogP contribution in [0.5, 0.6) is 28.7 Å². The van der Waals surface area contributed by atoms with E-state index in [0.717, 1.165) is 8.61 Å². The van der Waals surface area contributed by atoms with Crippen molar-refractivity contribution in [2.75, 3.05) is 28.4 Å². The first kappa shape index (κ1) is 75.2. The minimum Gasteiger partial charge on any atom is -0.871 e. The normalized spacial score (nSPS) is 10.3. The molecular weight excluding hydrogens is 1230 g/mol. The van der Waals surface area contributed by atoms with Crippen molar-refractivity contribution in [1.82, 2.24) is 28.5 Å². The van der Waals surface area contributed by atoms with E-state index >= 15 is 0 Å². The number of carboxylic acids is 2. The molecule has 4 aromatic heterocycles. The van der Waals surface area contributed by atoms with Crippen molar-refractivity contribution in [2.45, 2.75) is 56.7 Å². The zero-order valence-electron chi connectivity index (χ0n) is 45.2. The Morgan fingerprint density at radius 1 is 0.506 bits per heavy atom. The average molecular weight is 1280 g/mol. The summed E-state index contributed by atoms with van der Waals surface area (Å²) in [5.74, 6) is -1.86. The number of carbonyl (C=O) groups is 2. The van der Waals surface area contributed by atoms with Crippen molar-refractivity contribution in [3.63, 3.8) is 0 Å². The van der Waals surface area contributed by atoms with E-state index in [1.54, 1.807) is 91.9 Å². The van der Waals surface area contributed by atoms with Crippen LogP contribution < -0.4 is 52.9 Å². The fourth-order valence-electron chi connectivity index (χ4n) is 6.44. The van der Waals surface area contributed by atoms with E-state index in [1.165, 1.54) is 116 Å². The molecule has 0 aliphatic rings. The summed E-state index contributed by atoms with van der Waals surface area (Å²) in [5.41, 5.74) is 2.19. The van der Waals surface area contributed by atoms with Crippen LogP contribution in [0.1, 0.15) is 62.9 Å². The van der Waals surface area contributed by atoms with Crippen molar-refractivity contribution in [3.05, 3.63) is 186 Å². The fraction of sp³-hybridized carbons (Fsp3) is 0.208. The zero-order valence-corrected chi connectivity index (χ0v) is 49.9. The van der Waals surface area contributed by atoms with Gasteiger partial charge < -0.3 is 43.9 Å². The first-order chi connectivity index (χ1) is 38.3. The maximum atomic E-state index is 14.2. The van der Waals surface area contributed by atoms with Crippen LogP contribution in [0.25, 0.3) is 0 Å². The predicted molar refractivity (Wildman–Crippen MR) is 271 cm³/mol. The Labute approximate surface area is 503 Å². The molecule has 0 amide bonds. The van der Waals surface area contributed by atoms with Gasteiger partial charge in [-0.2, -0.15) is 19.1 Å². The SMILES string of the molecule is CC#N.CC#N.COc1ccc(C(=O)[O-])cc1OC.COc1ccc(C(=O)[O-])cc1OC.Cc1cc(S(=O)(=O)N(Cc2ccccn2)Cc2ccccn2)c([O-])c(S(=O)(=O)N(Cc2ccccn2)Cc2ccccn2)c1.[Mn+2].[Mn+2].[O-][Cl+3]([O-])([O-])[O-]. The van der Waals surface area contributed by atoms with Gasteiger partial charge in [0.25, 0.3) is 0 Å². The number of hydrogen-bond acceptors (Lipinski definition) is 23. The van der Waals surface area contributed by atoms with Gasteiger partial charge in [-0.05, 0) is 110 Å². The van der Waals surface area contributed by atoms with Crippen molar-refractivity contribution in [2.24, 2.45) is 0 Å². The number of rotatable bonds is 18. The number of aromatic nitrogens is 4. The second-order valence-corrected chi connectivity index (χ2v) is 20.0. The monoisotopic (exact) mass is 1280 g/mol. The third-order valence-corrected chi connectivity index (χ3v) is 13.5. The molecule has 7 aromatic rings. The molecule has 0 atom stereocenters. The number of methoxy groups -OCH3 is 4. The van der Waals surface area contributed by atoms with E-state index in [1.807, 2.05) is 0 Å². The summed E-state index contributed by atoms with van der Waals surface area (Å²) < 4.78 is 113. The Morgan fingerprint density at radius 2 is 0.759 bits per heavy atom. The molecule has 0 unspecified atom stereocenters. The summed E-state index contributed by atoms with van der Waals surface area (Å²) in [4.78, 5) is 36.6. The number of pyridine rings is 4. The van der Waals surface area contributed by atoms with Crippen LogP contribution in [0.4, 0.5) is 0 Å². The van der Waals surface area contributed by atoms with Gasteiger partial charge in [-0.15, -0.1) is 10.2 Å². The van der Waals surface area contributed by atoms with E-state index in [9.17, 15) is 41.7 Å². The number of halogens is 1. The van der Waals surface area contributed by atoms with Crippen molar-refractivity contribution in [1.29, 1.82) is 10.5 Å². The third-order valence-electron chi connectivity index (χ3n) is 9.90.